The summed E-state index contributed by atoms with van der Waals surface area (Å²) in [6, 6.07) is 0. The van der Waals surface area contributed by atoms with E-state index in [2.05, 4.69) is 0 Å². The monoisotopic (exact) mass is 199 g/mol. The third kappa shape index (κ3) is 3.29. The molecule has 1 saturated carbocycles. The van der Waals surface area contributed by atoms with Crippen molar-refractivity contribution in [3.63, 3.8) is 0 Å². The van der Waals surface area contributed by atoms with Gasteiger partial charge in [0, 0.05) is 0 Å². The first-order chi connectivity index (χ1) is 6.77. The van der Waals surface area contributed by atoms with E-state index in [0.29, 0.717) is 12.5 Å². The van der Waals surface area contributed by atoms with Crippen LogP contribution in [0.4, 0.5) is 0 Å². The lowest BCUT2D eigenvalue weighted by Crippen LogP contribution is -2.27. The summed E-state index contributed by atoms with van der Waals surface area (Å²) < 4.78 is 5.13. The molecule has 1 aliphatic rings. The summed E-state index contributed by atoms with van der Waals surface area (Å²) >= 11 is 0. The van der Waals surface area contributed by atoms with Gasteiger partial charge in [-0.25, -0.2) is 0 Å². The Kier molecular flexibility index (Phi) is 4.94. The highest BCUT2D eigenvalue weighted by atomic mass is 16.5. The van der Waals surface area contributed by atoms with Crippen LogP contribution in [0.2, 0.25) is 0 Å². The Bertz CT molecular complexity index is 174. The fourth-order valence-electron chi connectivity index (χ4n) is 1.95. The number of hydrogen-bond acceptors (Lipinski definition) is 3. The average molecular weight is 199 g/mol. The van der Waals surface area contributed by atoms with Crippen molar-refractivity contribution >= 4 is 5.97 Å². The number of ether oxygens (including phenoxy) is 1. The lowest BCUT2D eigenvalue weighted by Gasteiger charge is -2.26. The van der Waals surface area contributed by atoms with Gasteiger partial charge in [0.25, 0.3) is 0 Å². The molecule has 1 fully saturated rings. The van der Waals surface area contributed by atoms with Crippen LogP contribution in [0.5, 0.6) is 0 Å². The number of esters is 1. The van der Waals surface area contributed by atoms with Crippen molar-refractivity contribution in [2.45, 2.75) is 39.0 Å². The summed E-state index contributed by atoms with van der Waals surface area (Å²) in [4.78, 5) is 11.5. The third-order valence-electron chi connectivity index (χ3n) is 2.96. The van der Waals surface area contributed by atoms with Crippen molar-refractivity contribution in [3.05, 3.63) is 0 Å². The zero-order valence-electron chi connectivity index (χ0n) is 9.00. The van der Waals surface area contributed by atoms with Gasteiger partial charge >= 0.3 is 5.97 Å². The van der Waals surface area contributed by atoms with Crippen molar-refractivity contribution in [2.24, 2.45) is 17.6 Å². The third-order valence-corrected chi connectivity index (χ3v) is 2.96. The molecule has 0 spiro atoms. The van der Waals surface area contributed by atoms with Gasteiger partial charge < -0.3 is 10.5 Å². The Balaban J connectivity index is 2.23. The topological polar surface area (TPSA) is 52.3 Å². The van der Waals surface area contributed by atoms with Gasteiger partial charge in [-0.3, -0.25) is 4.79 Å². The maximum atomic E-state index is 11.5. The first-order valence-corrected chi connectivity index (χ1v) is 5.64. The molecule has 0 saturated heterocycles. The molecular weight excluding hydrogens is 178 g/mol. The second-order valence-electron chi connectivity index (χ2n) is 4.12. The van der Waals surface area contributed by atoms with E-state index in [0.717, 1.165) is 38.6 Å². The summed E-state index contributed by atoms with van der Waals surface area (Å²) in [5.41, 5.74) is 5.59. The Morgan fingerprint density at radius 2 is 2.00 bits per heavy atom. The van der Waals surface area contributed by atoms with Gasteiger partial charge in [0.2, 0.25) is 0 Å². The van der Waals surface area contributed by atoms with E-state index >= 15 is 0 Å². The molecule has 0 aromatic heterocycles. The molecule has 1 rings (SSSR count). The maximum Gasteiger partial charge on any atom is 0.308 e. The van der Waals surface area contributed by atoms with Gasteiger partial charge in [-0.05, 0) is 44.6 Å². The van der Waals surface area contributed by atoms with Crippen molar-refractivity contribution in [1.29, 1.82) is 0 Å². The van der Waals surface area contributed by atoms with E-state index in [4.69, 9.17) is 10.5 Å². The van der Waals surface area contributed by atoms with E-state index in [1.165, 1.54) is 0 Å². The molecule has 3 heteroatoms. The van der Waals surface area contributed by atoms with Crippen LogP contribution in [0.3, 0.4) is 0 Å². The minimum atomic E-state index is 0.00215. The highest BCUT2D eigenvalue weighted by Crippen LogP contribution is 2.28. The molecule has 1 aliphatic carbocycles. The lowest BCUT2D eigenvalue weighted by atomic mass is 9.82. The van der Waals surface area contributed by atoms with E-state index in [1.54, 1.807) is 0 Å². The number of rotatable bonds is 4. The van der Waals surface area contributed by atoms with Crippen molar-refractivity contribution in [3.8, 4) is 0 Å². The fourth-order valence-corrected chi connectivity index (χ4v) is 1.95. The molecule has 0 aromatic carbocycles. The molecule has 2 N–H and O–H groups in total. The van der Waals surface area contributed by atoms with Crippen LogP contribution in [0.15, 0.2) is 0 Å². The molecule has 0 heterocycles. The number of hydrogen-bond donors (Lipinski definition) is 1. The molecule has 0 radical (unpaired) electrons. The minimum absolute atomic E-state index is 0.00215. The molecule has 0 amide bonds. The standard InChI is InChI=1S/C11H21NO2/c1-2-7-14-11(13)10-5-3-9(8-12)4-6-10/h9-10H,2-8,12H2,1H3. The molecule has 82 valence electrons. The van der Waals surface area contributed by atoms with Gasteiger partial charge in [-0.15, -0.1) is 0 Å². The number of nitrogens with two attached hydrogens (primary N) is 1. The quantitative estimate of drug-likeness (QED) is 0.701. The molecule has 14 heavy (non-hydrogen) atoms. The second kappa shape index (κ2) is 6.02. The smallest absolute Gasteiger partial charge is 0.308 e. The van der Waals surface area contributed by atoms with E-state index in [-0.39, 0.29) is 11.9 Å². The average Bonchev–Trinajstić information content (AvgIpc) is 2.26. The van der Waals surface area contributed by atoms with E-state index in [9.17, 15) is 4.79 Å². The summed E-state index contributed by atoms with van der Waals surface area (Å²) in [7, 11) is 0. The summed E-state index contributed by atoms with van der Waals surface area (Å²) in [6.07, 6.45) is 5.00. The molecule has 0 bridgehead atoms. The summed E-state index contributed by atoms with van der Waals surface area (Å²) in [5.74, 6) is 0.775. The molecular formula is C11H21NO2. The number of carbonyl (C=O) groups is 1. The Hall–Kier alpha value is -0.570. The maximum absolute atomic E-state index is 11.5. The first kappa shape index (κ1) is 11.5. The Labute approximate surface area is 86.0 Å². The zero-order valence-corrected chi connectivity index (χ0v) is 9.00. The summed E-state index contributed by atoms with van der Waals surface area (Å²) in [5, 5.41) is 0. The van der Waals surface area contributed by atoms with Crippen molar-refractivity contribution in [2.75, 3.05) is 13.2 Å². The largest absolute Gasteiger partial charge is 0.465 e. The van der Waals surface area contributed by atoms with Gasteiger partial charge in [0.05, 0.1) is 12.5 Å². The van der Waals surface area contributed by atoms with Crippen molar-refractivity contribution in [1.82, 2.24) is 0 Å². The molecule has 0 aliphatic heterocycles. The van der Waals surface area contributed by atoms with Crippen LogP contribution >= 0.6 is 0 Å². The highest BCUT2D eigenvalue weighted by molar-refractivity contribution is 5.72. The Morgan fingerprint density at radius 1 is 1.36 bits per heavy atom. The molecule has 0 atom stereocenters. The van der Waals surface area contributed by atoms with Crippen LogP contribution in [0.25, 0.3) is 0 Å². The van der Waals surface area contributed by atoms with Crippen LogP contribution < -0.4 is 5.73 Å². The van der Waals surface area contributed by atoms with Crippen LogP contribution in [0, 0.1) is 11.8 Å². The fraction of sp³-hybridized carbons (Fsp3) is 0.909. The Morgan fingerprint density at radius 3 is 2.50 bits per heavy atom. The van der Waals surface area contributed by atoms with Gasteiger partial charge in [0.15, 0.2) is 0 Å². The van der Waals surface area contributed by atoms with Gasteiger partial charge in [-0.2, -0.15) is 0 Å². The first-order valence-electron chi connectivity index (χ1n) is 5.64. The lowest BCUT2D eigenvalue weighted by molar-refractivity contribution is -0.149. The van der Waals surface area contributed by atoms with E-state index < -0.39 is 0 Å². The second-order valence-corrected chi connectivity index (χ2v) is 4.12. The normalized spacial score (nSPS) is 27.3. The van der Waals surface area contributed by atoms with Crippen LogP contribution in [-0.2, 0) is 9.53 Å². The highest BCUT2D eigenvalue weighted by Gasteiger charge is 2.26. The predicted octanol–water partition coefficient (Wildman–Crippen LogP) is 1.70. The molecule has 3 nitrogen and oxygen atoms in total. The predicted molar refractivity (Wildman–Crippen MR) is 55.8 cm³/mol. The SMILES string of the molecule is CCCOC(=O)C1CCC(CN)CC1. The van der Waals surface area contributed by atoms with Crippen LogP contribution in [-0.4, -0.2) is 19.1 Å². The minimum Gasteiger partial charge on any atom is -0.465 e. The number of carbonyl (C=O) groups excluding carboxylic acids is 1. The van der Waals surface area contributed by atoms with Gasteiger partial charge in [-0.1, -0.05) is 6.92 Å². The summed E-state index contributed by atoms with van der Waals surface area (Å²) in [6.45, 7) is 3.34. The molecule has 0 unspecified atom stereocenters. The van der Waals surface area contributed by atoms with Crippen LogP contribution in [0.1, 0.15) is 39.0 Å². The van der Waals surface area contributed by atoms with Crippen molar-refractivity contribution < 1.29 is 9.53 Å². The zero-order chi connectivity index (χ0) is 10.4. The van der Waals surface area contributed by atoms with E-state index in [1.807, 2.05) is 6.92 Å². The van der Waals surface area contributed by atoms with Gasteiger partial charge in [0.1, 0.15) is 0 Å². The molecule has 0 aromatic rings.